The predicted molar refractivity (Wildman–Crippen MR) is 107 cm³/mol. The smallest absolute Gasteiger partial charge is 0.340 e. The average molecular weight is 430 g/mol. The van der Waals surface area contributed by atoms with Crippen molar-refractivity contribution in [1.82, 2.24) is 14.5 Å². The Labute approximate surface area is 176 Å². The van der Waals surface area contributed by atoms with Crippen LogP contribution in [0.3, 0.4) is 0 Å². The van der Waals surface area contributed by atoms with E-state index in [1.165, 1.54) is 23.0 Å². The number of carbonyl (C=O) groups is 1. The van der Waals surface area contributed by atoms with Gasteiger partial charge in [-0.3, -0.25) is 19.3 Å². The molecule has 1 fully saturated rings. The Morgan fingerprint density at radius 3 is 2.94 bits per heavy atom. The van der Waals surface area contributed by atoms with Crippen LogP contribution in [0.2, 0.25) is 0 Å². The SMILES string of the molecule is Cc1cn([C@H]2C[C@@H](OC(=O)c3cccnc3C(C)(C)N=[N+]=[N-])[C@@H](CO)O2)c(=O)[nH]c1=O. The summed E-state index contributed by atoms with van der Waals surface area (Å²) in [6.07, 6.45) is 0.322. The normalized spacial score (nSPS) is 20.8. The summed E-state index contributed by atoms with van der Waals surface area (Å²) < 4.78 is 12.5. The van der Waals surface area contributed by atoms with Crippen molar-refractivity contribution >= 4 is 5.97 Å². The largest absolute Gasteiger partial charge is 0.456 e. The summed E-state index contributed by atoms with van der Waals surface area (Å²) in [7, 11) is 0. The van der Waals surface area contributed by atoms with E-state index in [9.17, 15) is 19.5 Å². The minimum atomic E-state index is -1.10. The van der Waals surface area contributed by atoms with Gasteiger partial charge in [0.2, 0.25) is 0 Å². The summed E-state index contributed by atoms with van der Waals surface area (Å²) in [4.78, 5) is 45.8. The number of aromatic amines is 1. The van der Waals surface area contributed by atoms with Crippen LogP contribution < -0.4 is 11.2 Å². The van der Waals surface area contributed by atoms with Gasteiger partial charge in [0.25, 0.3) is 5.56 Å². The molecule has 3 rings (SSSR count). The molecule has 0 amide bonds. The number of pyridine rings is 1. The number of azide groups is 1. The third-order valence-corrected chi connectivity index (χ3v) is 4.98. The number of aromatic nitrogens is 3. The van der Waals surface area contributed by atoms with Crippen molar-refractivity contribution in [2.24, 2.45) is 5.11 Å². The van der Waals surface area contributed by atoms with E-state index in [2.05, 4.69) is 20.0 Å². The second kappa shape index (κ2) is 8.72. The summed E-state index contributed by atoms with van der Waals surface area (Å²) in [6.45, 7) is 4.32. The predicted octanol–water partition coefficient (Wildman–Crippen LogP) is 1.29. The fourth-order valence-corrected chi connectivity index (χ4v) is 3.38. The standard InChI is InChI=1S/C19H22N6O6/c1-10-8-25(18(29)22-16(10)27)14-7-12(13(9-26)30-14)31-17(28)11-5-4-6-21-15(11)19(2,3)23-24-20/h4-6,8,12-14,26H,7,9H2,1-3H3,(H,22,27,29)/t12-,13-,14-/m1/s1. The second-order valence-corrected chi connectivity index (χ2v) is 7.62. The molecule has 3 atom stereocenters. The molecule has 0 spiro atoms. The van der Waals surface area contributed by atoms with E-state index < -0.39 is 47.8 Å². The molecule has 2 N–H and O–H groups in total. The van der Waals surface area contributed by atoms with Crippen molar-refractivity contribution in [3.63, 3.8) is 0 Å². The van der Waals surface area contributed by atoms with Crippen molar-refractivity contribution in [3.8, 4) is 0 Å². The summed E-state index contributed by atoms with van der Waals surface area (Å²) in [5, 5.41) is 13.4. The Morgan fingerprint density at radius 2 is 2.26 bits per heavy atom. The maximum Gasteiger partial charge on any atom is 0.340 e. The lowest BCUT2D eigenvalue weighted by atomic mass is 9.96. The molecule has 0 radical (unpaired) electrons. The molecule has 2 aromatic heterocycles. The van der Waals surface area contributed by atoms with E-state index in [0.29, 0.717) is 5.56 Å². The van der Waals surface area contributed by atoms with Crippen molar-refractivity contribution in [1.29, 1.82) is 0 Å². The van der Waals surface area contributed by atoms with Gasteiger partial charge in [-0.05, 0) is 38.4 Å². The number of rotatable bonds is 6. The fraction of sp³-hybridized carbons (Fsp3) is 0.474. The number of nitrogens with zero attached hydrogens (tertiary/aromatic N) is 5. The zero-order valence-corrected chi connectivity index (χ0v) is 17.2. The van der Waals surface area contributed by atoms with E-state index in [-0.39, 0.29) is 17.7 Å². The maximum atomic E-state index is 12.9. The highest BCUT2D eigenvalue weighted by Gasteiger charge is 2.40. The molecular weight excluding hydrogens is 408 g/mol. The lowest BCUT2D eigenvalue weighted by Gasteiger charge is -2.22. The molecule has 12 nitrogen and oxygen atoms in total. The van der Waals surface area contributed by atoms with Gasteiger partial charge in [0.05, 0.1) is 23.4 Å². The molecular formula is C19H22N6O6. The molecule has 0 unspecified atom stereocenters. The summed E-state index contributed by atoms with van der Waals surface area (Å²) >= 11 is 0. The third kappa shape index (κ3) is 4.50. The van der Waals surface area contributed by atoms with Crippen molar-refractivity contribution < 1.29 is 19.4 Å². The Balaban J connectivity index is 1.86. The van der Waals surface area contributed by atoms with Gasteiger partial charge >= 0.3 is 11.7 Å². The van der Waals surface area contributed by atoms with E-state index in [1.807, 2.05) is 0 Å². The third-order valence-electron chi connectivity index (χ3n) is 4.98. The van der Waals surface area contributed by atoms with Crippen LogP contribution in [0, 0.1) is 6.92 Å². The number of esters is 1. The van der Waals surface area contributed by atoms with Gasteiger partial charge in [0.15, 0.2) is 0 Å². The molecule has 3 heterocycles. The van der Waals surface area contributed by atoms with Crippen LogP contribution in [0.25, 0.3) is 10.4 Å². The number of aliphatic hydroxyl groups is 1. The number of aliphatic hydroxyl groups excluding tert-OH is 1. The van der Waals surface area contributed by atoms with Crippen LogP contribution in [0.4, 0.5) is 0 Å². The fourth-order valence-electron chi connectivity index (χ4n) is 3.38. The van der Waals surface area contributed by atoms with E-state index in [0.717, 1.165) is 0 Å². The Morgan fingerprint density at radius 1 is 1.52 bits per heavy atom. The maximum absolute atomic E-state index is 12.9. The molecule has 0 aliphatic carbocycles. The summed E-state index contributed by atoms with van der Waals surface area (Å²) in [6, 6.07) is 3.04. The lowest BCUT2D eigenvalue weighted by molar-refractivity contribution is -0.0522. The number of hydrogen-bond donors (Lipinski definition) is 2. The highest BCUT2D eigenvalue weighted by Crippen LogP contribution is 2.32. The molecule has 164 valence electrons. The van der Waals surface area contributed by atoms with Gasteiger partial charge in [0.1, 0.15) is 18.4 Å². The zero-order valence-electron chi connectivity index (χ0n) is 17.2. The Kier molecular flexibility index (Phi) is 6.25. The van der Waals surface area contributed by atoms with Gasteiger partial charge in [-0.25, -0.2) is 9.59 Å². The molecule has 2 aromatic rings. The molecule has 31 heavy (non-hydrogen) atoms. The Hall–Kier alpha value is -3.47. The number of ether oxygens (including phenoxy) is 2. The molecule has 12 heteroatoms. The highest BCUT2D eigenvalue weighted by atomic mass is 16.6. The number of nitrogens with one attached hydrogen (secondary N) is 1. The first-order chi connectivity index (χ1) is 14.7. The van der Waals surface area contributed by atoms with Crippen molar-refractivity contribution in [3.05, 3.63) is 72.6 Å². The van der Waals surface area contributed by atoms with Gasteiger partial charge in [-0.2, -0.15) is 0 Å². The van der Waals surface area contributed by atoms with Gasteiger partial charge in [-0.15, -0.1) is 0 Å². The molecule has 0 bridgehead atoms. The van der Waals surface area contributed by atoms with E-state index in [1.54, 1.807) is 26.8 Å². The molecule has 1 aliphatic rings. The number of hydrogen-bond acceptors (Lipinski definition) is 8. The van der Waals surface area contributed by atoms with Crippen LogP contribution in [0.1, 0.15) is 48.1 Å². The average Bonchev–Trinajstić information content (AvgIpc) is 3.13. The van der Waals surface area contributed by atoms with Crippen molar-refractivity contribution in [2.45, 2.75) is 51.2 Å². The zero-order chi connectivity index (χ0) is 22.8. The van der Waals surface area contributed by atoms with Gasteiger partial charge < -0.3 is 14.6 Å². The first kappa shape index (κ1) is 22.2. The van der Waals surface area contributed by atoms with Gasteiger partial charge in [0, 0.05) is 29.3 Å². The molecule has 0 aromatic carbocycles. The first-order valence-corrected chi connectivity index (χ1v) is 9.49. The van der Waals surface area contributed by atoms with Crippen LogP contribution in [0.15, 0.2) is 39.2 Å². The monoisotopic (exact) mass is 430 g/mol. The van der Waals surface area contributed by atoms with E-state index >= 15 is 0 Å². The molecule has 0 saturated carbocycles. The lowest BCUT2D eigenvalue weighted by Crippen LogP contribution is -2.33. The van der Waals surface area contributed by atoms with E-state index in [4.69, 9.17) is 15.0 Å². The summed E-state index contributed by atoms with van der Waals surface area (Å²) in [5.74, 6) is -0.734. The van der Waals surface area contributed by atoms with Crippen LogP contribution >= 0.6 is 0 Å². The van der Waals surface area contributed by atoms with Crippen LogP contribution in [-0.2, 0) is 15.0 Å². The number of carbonyl (C=O) groups excluding carboxylic acids is 1. The van der Waals surface area contributed by atoms with Crippen molar-refractivity contribution in [2.75, 3.05) is 6.61 Å². The number of aryl methyl sites for hydroxylation is 1. The number of H-pyrrole nitrogens is 1. The first-order valence-electron chi connectivity index (χ1n) is 9.49. The Bertz CT molecular complexity index is 1150. The van der Waals surface area contributed by atoms with Crippen LogP contribution in [0.5, 0.6) is 0 Å². The van der Waals surface area contributed by atoms with Crippen LogP contribution in [-0.4, -0.2) is 44.4 Å². The minimum Gasteiger partial charge on any atom is -0.456 e. The van der Waals surface area contributed by atoms with Gasteiger partial charge in [-0.1, -0.05) is 5.11 Å². The second-order valence-electron chi connectivity index (χ2n) is 7.62. The topological polar surface area (TPSA) is 172 Å². The quantitative estimate of drug-likeness (QED) is 0.301. The molecule has 1 aliphatic heterocycles. The highest BCUT2D eigenvalue weighted by molar-refractivity contribution is 5.91. The minimum absolute atomic E-state index is 0.0810. The molecule has 1 saturated heterocycles. The summed E-state index contributed by atoms with van der Waals surface area (Å²) in [5.41, 5.74) is 7.18.